The molecule has 10 bridgehead atoms. The first kappa shape index (κ1) is 57.0. The van der Waals surface area contributed by atoms with Gasteiger partial charge in [0, 0.05) is 0 Å². The van der Waals surface area contributed by atoms with Gasteiger partial charge in [0.25, 0.3) is 0 Å². The average molecular weight is 828 g/mol. The van der Waals surface area contributed by atoms with Crippen molar-refractivity contribution >= 4 is 0 Å². The van der Waals surface area contributed by atoms with E-state index in [9.17, 15) is 0 Å². The van der Waals surface area contributed by atoms with Crippen LogP contribution < -0.4 is 0 Å². The molecule has 0 amide bonds. The second-order valence-corrected chi connectivity index (χ2v) is 24.2. The van der Waals surface area contributed by atoms with E-state index in [0.29, 0.717) is 0 Å². The molecule has 12 aliphatic carbocycles. The Bertz CT molecular complexity index is 1240. The maximum absolute atomic E-state index is 2.54. The van der Waals surface area contributed by atoms with Gasteiger partial charge in [0.15, 0.2) is 0 Å². The Labute approximate surface area is 377 Å². The lowest BCUT2D eigenvalue weighted by molar-refractivity contribution is 0.0508. The normalized spacial score (nSPS) is 56.3. The summed E-state index contributed by atoms with van der Waals surface area (Å²) in [5.74, 6) is 30.6. The molecule has 59 heavy (non-hydrogen) atoms. The fraction of sp³-hybridized carbons (Fsp3) is 1.00. The first-order valence-corrected chi connectivity index (χ1v) is 24.3. The molecule has 12 rings (SSSR count). The summed E-state index contributed by atoms with van der Waals surface area (Å²) < 4.78 is 0. The van der Waals surface area contributed by atoms with Crippen molar-refractivity contribution in [2.24, 2.45) is 166 Å². The molecule has 12 saturated carbocycles. The Morgan fingerprint density at radius 1 is 0.203 bits per heavy atom. The van der Waals surface area contributed by atoms with Crippen molar-refractivity contribution in [1.82, 2.24) is 0 Å². The van der Waals surface area contributed by atoms with Gasteiger partial charge in [0.1, 0.15) is 0 Å². The van der Waals surface area contributed by atoms with Crippen LogP contribution in [0, 0.1) is 166 Å². The molecule has 0 aromatic heterocycles. The lowest BCUT2D eigenvalue weighted by atomic mass is 9.62. The molecule has 0 heteroatoms. The van der Waals surface area contributed by atoms with Gasteiger partial charge in [-0.2, -0.15) is 0 Å². The number of hydrogen-bond acceptors (Lipinski definition) is 0. The average Bonchev–Trinajstić information content (AvgIpc) is 3.93. The monoisotopic (exact) mass is 827 g/mol. The van der Waals surface area contributed by atoms with E-state index in [1.807, 2.05) is 0 Å². The molecule has 0 heterocycles. The van der Waals surface area contributed by atoms with Crippen molar-refractivity contribution < 1.29 is 0 Å². The molecule has 28 unspecified atom stereocenters. The van der Waals surface area contributed by atoms with E-state index in [1.165, 1.54) is 24.7 Å². The molecule has 0 aromatic carbocycles. The van der Waals surface area contributed by atoms with Crippen molar-refractivity contribution in [3.05, 3.63) is 0 Å². The molecule has 354 valence electrons. The number of rotatable bonds is 0. The van der Waals surface area contributed by atoms with Crippen LogP contribution in [-0.2, 0) is 0 Å². The van der Waals surface area contributed by atoms with Crippen LogP contribution in [0.1, 0.15) is 213 Å². The minimum absolute atomic E-state index is 0. The Kier molecular flexibility index (Phi) is 20.2. The summed E-state index contributed by atoms with van der Waals surface area (Å²) in [5.41, 5.74) is 0. The van der Waals surface area contributed by atoms with Gasteiger partial charge < -0.3 is 0 Å². The van der Waals surface area contributed by atoms with Gasteiger partial charge in [-0.15, -0.1) is 0 Å². The largest absolute Gasteiger partial charge is 0.0776 e. The SMILES string of the molecule is C.C.C.C.C.C.C.C.CC1CC2C3CC(C)C(C3)C2C1C.CC1CC2CC1C(C)C2C.CC1CC2CC1C1C3CC(C(C)C3C)C21.CC1CCC2C3CC(C(C)C3C)C12. The summed E-state index contributed by atoms with van der Waals surface area (Å²) in [6.07, 6.45) is 17.3. The Morgan fingerprint density at radius 2 is 0.627 bits per heavy atom. The number of hydrogen-bond donors (Lipinski definition) is 0. The Morgan fingerprint density at radius 3 is 1.19 bits per heavy atom. The van der Waals surface area contributed by atoms with E-state index >= 15 is 0 Å². The van der Waals surface area contributed by atoms with Gasteiger partial charge in [-0.05, 0) is 230 Å². The lowest BCUT2D eigenvalue weighted by Gasteiger charge is -2.43. The summed E-state index contributed by atoms with van der Waals surface area (Å²) in [6.45, 7) is 30.0. The quantitative estimate of drug-likeness (QED) is 0.213. The molecule has 0 N–H and O–H groups in total. The molecule has 0 aromatic rings. The Hall–Kier alpha value is 0. The van der Waals surface area contributed by atoms with E-state index in [1.54, 1.807) is 57.8 Å². The van der Waals surface area contributed by atoms with Crippen LogP contribution in [0.5, 0.6) is 0 Å². The predicted octanol–water partition coefficient (Wildman–Crippen LogP) is 19.0. The molecule has 12 fully saturated rings. The van der Waals surface area contributed by atoms with Crippen molar-refractivity contribution in [2.45, 2.75) is 213 Å². The van der Waals surface area contributed by atoms with Gasteiger partial charge in [0.2, 0.25) is 0 Å². The third kappa shape index (κ3) is 8.65. The third-order valence-corrected chi connectivity index (χ3v) is 23.0. The molecule has 0 nitrogen and oxygen atoms in total. The van der Waals surface area contributed by atoms with Gasteiger partial charge >= 0.3 is 0 Å². The highest BCUT2D eigenvalue weighted by atomic mass is 14.7. The van der Waals surface area contributed by atoms with Crippen LogP contribution in [0.25, 0.3) is 0 Å². The highest BCUT2D eigenvalue weighted by Crippen LogP contribution is 2.71. The predicted molar refractivity (Wildman–Crippen MR) is 270 cm³/mol. The van der Waals surface area contributed by atoms with Crippen LogP contribution in [0.2, 0.25) is 0 Å². The van der Waals surface area contributed by atoms with Gasteiger partial charge in [-0.25, -0.2) is 0 Å². The highest BCUT2D eigenvalue weighted by molar-refractivity contribution is 5.13. The van der Waals surface area contributed by atoms with Crippen molar-refractivity contribution in [3.63, 3.8) is 0 Å². The minimum atomic E-state index is 0. The highest BCUT2D eigenvalue weighted by Gasteiger charge is 2.65. The zero-order chi connectivity index (χ0) is 35.9. The molecule has 0 saturated heterocycles. The van der Waals surface area contributed by atoms with Crippen LogP contribution in [0.3, 0.4) is 0 Å². The maximum atomic E-state index is 2.54. The van der Waals surface area contributed by atoms with Gasteiger partial charge in [-0.3, -0.25) is 0 Å². The fourth-order valence-corrected chi connectivity index (χ4v) is 20.0. The third-order valence-electron chi connectivity index (χ3n) is 23.0. The molecule has 0 radical (unpaired) electrons. The summed E-state index contributed by atoms with van der Waals surface area (Å²) in [7, 11) is 0. The van der Waals surface area contributed by atoms with E-state index < -0.39 is 0 Å². The standard InChI is InChI=1S/C15H24.2C13H22.C10H18.8CH4/c1-7-4-10-5-11(7)15-13-6-12(14(10)15)8(2)9(13)3;1-7-5-12-10-4-8(2)11(6-10)13(12)9(7)3;1-7-4-5-10-11-6-12(13(7)10)9(3)8(11)2;1-6-4-9-5-10(6)8(3)7(9)2;;;;;;;;/h7-15H,4-6H2,1-3H3;2*7-13H,4-6H2,1-3H3;6-10H,4-5H2,1-3H3;8*1H4. The van der Waals surface area contributed by atoms with E-state index in [0.717, 1.165) is 154 Å². The maximum Gasteiger partial charge on any atom is -0.0318 e. The summed E-state index contributed by atoms with van der Waals surface area (Å²) in [6, 6.07) is 0. The second-order valence-electron chi connectivity index (χ2n) is 24.2. The second kappa shape index (κ2) is 20.9. The molecule has 12 aliphatic rings. The van der Waals surface area contributed by atoms with Crippen molar-refractivity contribution in [2.75, 3.05) is 0 Å². The van der Waals surface area contributed by atoms with Crippen LogP contribution in [0.15, 0.2) is 0 Å². The number of fused-ring (bicyclic) bond motifs is 21. The lowest BCUT2D eigenvalue weighted by Crippen LogP contribution is -2.38. The zero-order valence-electron chi connectivity index (χ0n) is 35.9. The fourth-order valence-electron chi connectivity index (χ4n) is 20.0. The molecule has 0 aliphatic heterocycles. The van der Waals surface area contributed by atoms with E-state index in [4.69, 9.17) is 0 Å². The first-order chi connectivity index (χ1) is 24.3. The topological polar surface area (TPSA) is 0 Å². The summed E-state index contributed by atoms with van der Waals surface area (Å²) >= 11 is 0. The summed E-state index contributed by atoms with van der Waals surface area (Å²) in [5, 5.41) is 0. The van der Waals surface area contributed by atoms with Crippen molar-refractivity contribution in [3.8, 4) is 0 Å². The Balaban J connectivity index is 0.000000379. The van der Waals surface area contributed by atoms with Gasteiger partial charge in [0.05, 0.1) is 0 Å². The van der Waals surface area contributed by atoms with E-state index in [2.05, 4.69) is 83.1 Å². The molecular weight excluding hydrogens is 709 g/mol. The smallest absolute Gasteiger partial charge is 0.0318 e. The van der Waals surface area contributed by atoms with Gasteiger partial charge in [-0.1, -0.05) is 149 Å². The van der Waals surface area contributed by atoms with Crippen LogP contribution in [0.4, 0.5) is 0 Å². The molecule has 0 spiro atoms. The summed E-state index contributed by atoms with van der Waals surface area (Å²) in [4.78, 5) is 0. The first-order valence-electron chi connectivity index (χ1n) is 24.3. The molecule has 28 atom stereocenters. The molecular formula is C59H118. The van der Waals surface area contributed by atoms with Crippen LogP contribution in [-0.4, -0.2) is 0 Å². The van der Waals surface area contributed by atoms with Crippen LogP contribution >= 0.6 is 0 Å². The van der Waals surface area contributed by atoms with E-state index in [-0.39, 0.29) is 59.4 Å². The van der Waals surface area contributed by atoms with Crippen molar-refractivity contribution in [1.29, 1.82) is 0 Å². The minimum Gasteiger partial charge on any atom is -0.0776 e. The zero-order valence-corrected chi connectivity index (χ0v) is 35.9.